The molecule has 0 aliphatic heterocycles. The van der Waals surface area contributed by atoms with Gasteiger partial charge in [-0.1, -0.05) is 20.4 Å². The van der Waals surface area contributed by atoms with E-state index in [1.165, 1.54) is 0 Å². The van der Waals surface area contributed by atoms with Crippen LogP contribution in [0, 0.1) is 5.92 Å². The fourth-order valence-electron chi connectivity index (χ4n) is 0.954. The Balaban J connectivity index is 4.18. The smallest absolute Gasteiger partial charge is 0.333 e. The molecule has 88 valence electrons. The van der Waals surface area contributed by atoms with Gasteiger partial charge in [0.05, 0.1) is 0 Å². The van der Waals surface area contributed by atoms with E-state index in [0.717, 1.165) is 0 Å². The zero-order valence-electron chi connectivity index (χ0n) is 10.5. The zero-order valence-corrected chi connectivity index (χ0v) is 10.5. The van der Waals surface area contributed by atoms with Crippen molar-refractivity contribution in [1.29, 1.82) is 0 Å². The Hall–Kier alpha value is -0.830. The Morgan fingerprint density at radius 2 is 1.87 bits per heavy atom. The lowest BCUT2D eigenvalue weighted by atomic mass is 9.98. The quantitative estimate of drug-likeness (QED) is 0.575. The molecule has 0 aromatic heterocycles. The van der Waals surface area contributed by atoms with Gasteiger partial charge in [-0.05, 0) is 33.1 Å². The lowest BCUT2D eigenvalue weighted by molar-refractivity contribution is -0.150. The first-order valence-corrected chi connectivity index (χ1v) is 5.30. The molecule has 0 aromatic carbocycles. The molecule has 15 heavy (non-hydrogen) atoms. The molecule has 1 atom stereocenters. The molecular formula is C12H23NO2. The average molecular weight is 213 g/mol. The van der Waals surface area contributed by atoms with Crippen LogP contribution in [0.1, 0.15) is 41.0 Å². The van der Waals surface area contributed by atoms with Gasteiger partial charge < -0.3 is 10.5 Å². The number of ether oxygens (including phenoxy) is 1. The summed E-state index contributed by atoms with van der Waals surface area (Å²) < 4.78 is 5.19. The van der Waals surface area contributed by atoms with Crippen LogP contribution in [0.4, 0.5) is 0 Å². The monoisotopic (exact) mass is 213 g/mol. The minimum absolute atomic E-state index is 0.0370. The van der Waals surface area contributed by atoms with Gasteiger partial charge >= 0.3 is 5.97 Å². The zero-order chi connectivity index (χ0) is 12.2. The molecule has 0 bridgehead atoms. The van der Waals surface area contributed by atoms with Gasteiger partial charge in [0.15, 0.2) is 0 Å². The first kappa shape index (κ1) is 14.2. The molecule has 0 amide bonds. The second-order valence-corrected chi connectivity index (χ2v) is 5.22. The summed E-state index contributed by atoms with van der Waals surface area (Å²) in [6.45, 7) is 13.3. The van der Waals surface area contributed by atoms with Crippen molar-refractivity contribution in [3.05, 3.63) is 12.2 Å². The van der Waals surface area contributed by atoms with Crippen LogP contribution in [0.25, 0.3) is 0 Å². The largest absolute Gasteiger partial charge is 0.457 e. The predicted molar refractivity (Wildman–Crippen MR) is 62.4 cm³/mol. The highest BCUT2D eigenvalue weighted by Gasteiger charge is 2.20. The molecule has 0 radical (unpaired) electrons. The summed E-state index contributed by atoms with van der Waals surface area (Å²) in [5, 5.41) is 0. The Morgan fingerprint density at radius 1 is 1.40 bits per heavy atom. The maximum absolute atomic E-state index is 11.5. The van der Waals surface area contributed by atoms with Crippen molar-refractivity contribution in [1.82, 2.24) is 0 Å². The summed E-state index contributed by atoms with van der Waals surface area (Å²) in [4.78, 5) is 11.5. The molecule has 0 heterocycles. The van der Waals surface area contributed by atoms with Gasteiger partial charge in [0.1, 0.15) is 5.60 Å². The van der Waals surface area contributed by atoms with Crippen LogP contribution in [0.5, 0.6) is 0 Å². The van der Waals surface area contributed by atoms with Crippen LogP contribution in [0.15, 0.2) is 12.2 Å². The van der Waals surface area contributed by atoms with Crippen LogP contribution in [-0.2, 0) is 9.53 Å². The molecule has 0 aromatic rings. The van der Waals surface area contributed by atoms with Gasteiger partial charge in [-0.2, -0.15) is 0 Å². The third-order valence-corrected chi connectivity index (χ3v) is 2.03. The topological polar surface area (TPSA) is 52.3 Å². The predicted octanol–water partition coefficient (Wildman–Crippen LogP) is 2.26. The molecule has 0 rings (SSSR count). The van der Waals surface area contributed by atoms with Crippen LogP contribution in [0.3, 0.4) is 0 Å². The van der Waals surface area contributed by atoms with E-state index in [9.17, 15) is 4.79 Å². The molecule has 2 N–H and O–H groups in total. The van der Waals surface area contributed by atoms with Crippen molar-refractivity contribution in [3.63, 3.8) is 0 Å². The highest BCUT2D eigenvalue weighted by Crippen LogP contribution is 2.15. The van der Waals surface area contributed by atoms with E-state index in [1.54, 1.807) is 0 Å². The Bertz CT molecular complexity index is 238. The Kier molecular flexibility index (Phi) is 5.01. The van der Waals surface area contributed by atoms with E-state index in [-0.39, 0.29) is 12.0 Å². The minimum atomic E-state index is -0.470. The van der Waals surface area contributed by atoms with E-state index in [2.05, 4.69) is 6.58 Å². The lowest BCUT2D eigenvalue weighted by Gasteiger charge is -2.22. The number of hydrogen-bond acceptors (Lipinski definition) is 3. The van der Waals surface area contributed by atoms with Crippen LogP contribution >= 0.6 is 0 Å². The molecule has 3 nitrogen and oxygen atoms in total. The van der Waals surface area contributed by atoms with Gasteiger partial charge in [0, 0.05) is 11.6 Å². The molecule has 0 fully saturated rings. The lowest BCUT2D eigenvalue weighted by Crippen LogP contribution is -2.30. The van der Waals surface area contributed by atoms with Crippen LogP contribution in [0.2, 0.25) is 0 Å². The number of hydrogen-bond donors (Lipinski definition) is 1. The Morgan fingerprint density at radius 3 is 2.20 bits per heavy atom. The van der Waals surface area contributed by atoms with Gasteiger partial charge in [-0.3, -0.25) is 0 Å². The van der Waals surface area contributed by atoms with Crippen molar-refractivity contribution in [2.75, 3.05) is 0 Å². The molecule has 0 aliphatic rings. The van der Waals surface area contributed by atoms with Crippen molar-refractivity contribution in [3.8, 4) is 0 Å². The summed E-state index contributed by atoms with van der Waals surface area (Å²) >= 11 is 0. The van der Waals surface area contributed by atoms with E-state index >= 15 is 0 Å². The summed E-state index contributed by atoms with van der Waals surface area (Å²) in [5.41, 5.74) is 5.83. The average Bonchev–Trinajstić information content (AvgIpc) is 2.00. The van der Waals surface area contributed by atoms with Gasteiger partial charge in [0.2, 0.25) is 0 Å². The fourth-order valence-corrected chi connectivity index (χ4v) is 0.954. The number of rotatable bonds is 4. The van der Waals surface area contributed by atoms with Crippen molar-refractivity contribution in [2.24, 2.45) is 11.7 Å². The van der Waals surface area contributed by atoms with E-state index in [1.807, 2.05) is 34.6 Å². The van der Waals surface area contributed by atoms with E-state index in [4.69, 9.17) is 10.5 Å². The molecule has 0 aliphatic carbocycles. The number of carbonyl (C=O) groups excluding carboxylic acids is 1. The summed E-state index contributed by atoms with van der Waals surface area (Å²) in [6, 6.07) is -0.0370. The maximum Gasteiger partial charge on any atom is 0.333 e. The van der Waals surface area contributed by atoms with E-state index in [0.29, 0.717) is 17.9 Å². The van der Waals surface area contributed by atoms with Gasteiger partial charge in [-0.25, -0.2) is 4.79 Å². The Labute approximate surface area is 92.7 Å². The molecule has 3 heteroatoms. The first-order chi connectivity index (χ1) is 6.63. The minimum Gasteiger partial charge on any atom is -0.457 e. The SMILES string of the molecule is C=C(C[C@@H](N)C(C)C)C(=O)OC(C)(C)C. The molecule has 0 unspecified atom stereocenters. The van der Waals surface area contributed by atoms with Crippen LogP contribution < -0.4 is 5.73 Å². The first-order valence-electron chi connectivity index (χ1n) is 5.30. The van der Waals surface area contributed by atoms with Gasteiger partial charge in [0.25, 0.3) is 0 Å². The number of nitrogens with two attached hydrogens (primary N) is 1. The number of carbonyl (C=O) groups is 1. The third-order valence-electron chi connectivity index (χ3n) is 2.03. The highest BCUT2D eigenvalue weighted by molar-refractivity contribution is 5.88. The molecular weight excluding hydrogens is 190 g/mol. The third kappa shape index (κ3) is 6.28. The highest BCUT2D eigenvalue weighted by atomic mass is 16.6. The summed E-state index contributed by atoms with van der Waals surface area (Å²) in [5.74, 6) is -0.0113. The van der Waals surface area contributed by atoms with Crippen LogP contribution in [-0.4, -0.2) is 17.6 Å². The second kappa shape index (κ2) is 5.31. The maximum atomic E-state index is 11.5. The standard InChI is InChI=1S/C12H23NO2/c1-8(2)10(13)7-9(3)11(14)15-12(4,5)6/h8,10H,3,7,13H2,1-2,4-6H3/t10-/m1/s1. The molecule has 0 saturated heterocycles. The normalized spacial score (nSPS) is 13.8. The summed E-state index contributed by atoms with van der Waals surface area (Å²) in [6.07, 6.45) is 0.493. The molecule has 0 saturated carbocycles. The van der Waals surface area contributed by atoms with E-state index < -0.39 is 5.60 Å². The van der Waals surface area contributed by atoms with Gasteiger partial charge in [-0.15, -0.1) is 0 Å². The van der Waals surface area contributed by atoms with Crippen molar-refractivity contribution in [2.45, 2.75) is 52.7 Å². The number of esters is 1. The van der Waals surface area contributed by atoms with Crippen molar-refractivity contribution < 1.29 is 9.53 Å². The van der Waals surface area contributed by atoms with Crippen molar-refractivity contribution >= 4 is 5.97 Å². The fraction of sp³-hybridized carbons (Fsp3) is 0.750. The summed E-state index contributed by atoms with van der Waals surface area (Å²) in [7, 11) is 0. The second-order valence-electron chi connectivity index (χ2n) is 5.22. The molecule has 0 spiro atoms.